The zero-order valence-electron chi connectivity index (χ0n) is 31.6. The average Bonchev–Trinajstić information content (AvgIpc) is 3.18. The van der Waals surface area contributed by atoms with E-state index < -0.39 is 42.0 Å². The normalized spacial score (nSPS) is 11.0. The minimum atomic E-state index is -4.57. The van der Waals surface area contributed by atoms with E-state index in [1.165, 1.54) is 30.3 Å². The average molecular weight is 881 g/mol. The van der Waals surface area contributed by atoms with Crippen molar-refractivity contribution >= 4 is 94.9 Å². The third-order valence-electron chi connectivity index (χ3n) is 7.93. The molecule has 0 aliphatic carbocycles. The van der Waals surface area contributed by atoms with Gasteiger partial charge in [-0.05, 0) is 84.9 Å². The van der Waals surface area contributed by atoms with Crippen LogP contribution in [-0.4, -0.2) is 99.6 Å². The molecule has 22 nitrogen and oxygen atoms in total. The van der Waals surface area contributed by atoms with Crippen molar-refractivity contribution in [3.63, 3.8) is 0 Å². The highest BCUT2D eigenvalue weighted by Gasteiger charge is 2.21. The molecular weight excluding hydrogens is 841 g/mol. The summed E-state index contributed by atoms with van der Waals surface area (Å²) in [5, 5.41) is 41.9. The molecule has 322 valence electrons. The number of rotatable bonds is 13. The molecule has 16 N–H and O–H groups in total. The van der Waals surface area contributed by atoms with Crippen LogP contribution in [0.3, 0.4) is 0 Å². The molecule has 0 unspecified atom stereocenters. The largest absolute Gasteiger partial charge is 0.478 e. The Morgan fingerprint density at radius 2 is 1.00 bits per heavy atom. The number of fused-ring (bicyclic) bond motifs is 1. The zero-order valence-corrected chi connectivity index (χ0v) is 33.2. The van der Waals surface area contributed by atoms with Crippen LogP contribution in [0, 0.1) is 0 Å². The van der Waals surface area contributed by atoms with Gasteiger partial charge >= 0.3 is 11.9 Å². The maximum atomic E-state index is 11.2. The number of nitrogen functional groups attached to an aromatic ring is 4. The number of nitrogens with one attached hydrogen (secondary N) is 2. The van der Waals surface area contributed by atoms with Gasteiger partial charge in [-0.15, -0.1) is 0 Å². The van der Waals surface area contributed by atoms with Crippen molar-refractivity contribution in [1.29, 1.82) is 0 Å². The number of aliphatic hydroxyl groups excluding tert-OH is 2. The predicted octanol–water partition coefficient (Wildman–Crippen LogP) is 2.89. The van der Waals surface area contributed by atoms with E-state index in [-0.39, 0.29) is 59.6 Å². The number of aliphatic hydroxyl groups is 2. The van der Waals surface area contributed by atoms with Gasteiger partial charge in [0.15, 0.2) is 0 Å². The molecule has 61 heavy (non-hydrogen) atoms. The maximum Gasteiger partial charge on any atom is 0.335 e. The summed E-state index contributed by atoms with van der Waals surface area (Å²) in [5.74, 6) is -1.47. The van der Waals surface area contributed by atoms with E-state index in [1.807, 2.05) is 24.3 Å². The SMILES string of the molecule is Nc1cc(C(=O)O)cc(C(=O)O)c1.Nc1cc(S(=O)(=O)O)c2cccc(S(=O)(=O)O)c2c1.Nc1ccc(Nc2nc(Nc3ccc(N)cc3)nc(N(CCO)CCO)n2)cc1. The molecule has 0 saturated heterocycles. The lowest BCUT2D eigenvalue weighted by Crippen LogP contribution is -2.31. The second kappa shape index (κ2) is 20.1. The first-order valence-corrected chi connectivity index (χ1v) is 20.2. The van der Waals surface area contributed by atoms with Gasteiger partial charge in [0, 0.05) is 58.0 Å². The molecule has 1 aromatic heterocycles. The number of benzene rings is 5. The Hall–Kier alpha value is -7.35. The first kappa shape index (κ1) is 46.3. The second-order valence-corrected chi connectivity index (χ2v) is 15.3. The van der Waals surface area contributed by atoms with Gasteiger partial charge in [-0.1, -0.05) is 12.1 Å². The fraction of sp³-hybridized carbons (Fsp3) is 0.108. The lowest BCUT2D eigenvalue weighted by atomic mass is 10.1. The summed E-state index contributed by atoms with van der Waals surface area (Å²) in [6.45, 7) is 0.334. The van der Waals surface area contributed by atoms with Gasteiger partial charge in [-0.25, -0.2) is 9.59 Å². The fourth-order valence-electron chi connectivity index (χ4n) is 5.24. The lowest BCUT2D eigenvalue weighted by Gasteiger charge is -2.21. The smallest absolute Gasteiger partial charge is 0.335 e. The monoisotopic (exact) mass is 880 g/mol. The first-order valence-electron chi connectivity index (χ1n) is 17.3. The van der Waals surface area contributed by atoms with Crippen molar-refractivity contribution in [2.75, 3.05) is 64.8 Å². The van der Waals surface area contributed by atoms with E-state index >= 15 is 0 Å². The summed E-state index contributed by atoms with van der Waals surface area (Å²) in [6, 6.07) is 23.6. The van der Waals surface area contributed by atoms with Crippen molar-refractivity contribution in [3.05, 3.63) is 108 Å². The van der Waals surface area contributed by atoms with E-state index in [2.05, 4.69) is 25.6 Å². The van der Waals surface area contributed by atoms with Crippen LogP contribution >= 0.6 is 0 Å². The van der Waals surface area contributed by atoms with Crippen molar-refractivity contribution in [2.45, 2.75) is 9.79 Å². The third-order valence-corrected chi connectivity index (χ3v) is 9.73. The standard InChI is InChI=1S/C19H24N8O2.C10H9NO6S2.C8H7NO4/c20-13-1-5-15(6-2-13)22-17-24-18(23-16-7-3-14(21)4-8-16)26-19(25-17)27(9-11-28)10-12-29;11-6-4-8-7(10(5-6)19(15,16)17)2-1-3-9(8)18(12,13)14;9-6-2-4(7(10)11)1-5(3-6)8(12)13/h1-8,28-29H,9-12,20-21H2,(H2,22,23,24,25,26);1-5H,11H2,(H,12,13,14)(H,15,16,17);1-3H,9H2,(H,10,11)(H,12,13). The van der Waals surface area contributed by atoms with Gasteiger partial charge in [0.25, 0.3) is 20.2 Å². The van der Waals surface area contributed by atoms with Crippen LogP contribution in [0.1, 0.15) is 20.7 Å². The molecule has 0 spiro atoms. The Bertz CT molecular complexity index is 2640. The minimum Gasteiger partial charge on any atom is -0.478 e. The molecule has 0 atom stereocenters. The van der Waals surface area contributed by atoms with Crippen LogP contribution in [0.25, 0.3) is 10.8 Å². The topological polar surface area (TPSA) is 394 Å². The summed E-state index contributed by atoms with van der Waals surface area (Å²) >= 11 is 0. The molecule has 5 aromatic carbocycles. The van der Waals surface area contributed by atoms with Gasteiger partial charge < -0.3 is 58.9 Å². The molecule has 0 radical (unpaired) electrons. The molecular formula is C37H40N10O12S2. The first-order chi connectivity index (χ1) is 28.7. The molecule has 6 aromatic rings. The van der Waals surface area contributed by atoms with Crippen molar-refractivity contribution in [3.8, 4) is 0 Å². The van der Waals surface area contributed by atoms with E-state index in [4.69, 9.17) is 42.3 Å². The number of nitrogens with two attached hydrogens (primary N) is 4. The number of hydrogen-bond acceptors (Lipinski definition) is 18. The molecule has 0 aliphatic heterocycles. The Balaban J connectivity index is 0.000000220. The van der Waals surface area contributed by atoms with Crippen LogP contribution in [0.5, 0.6) is 0 Å². The van der Waals surface area contributed by atoms with E-state index in [0.29, 0.717) is 29.2 Å². The number of aromatic carboxylic acids is 2. The number of anilines is 9. The Morgan fingerprint density at radius 3 is 1.41 bits per heavy atom. The zero-order chi connectivity index (χ0) is 45.1. The highest BCUT2D eigenvalue weighted by Crippen LogP contribution is 2.31. The quantitative estimate of drug-likeness (QED) is 0.0586. The molecule has 1 heterocycles. The van der Waals surface area contributed by atoms with Crippen molar-refractivity contribution in [2.24, 2.45) is 0 Å². The number of aromatic nitrogens is 3. The molecule has 0 fully saturated rings. The van der Waals surface area contributed by atoms with Crippen LogP contribution in [-0.2, 0) is 20.2 Å². The van der Waals surface area contributed by atoms with Gasteiger partial charge in [0.05, 0.1) is 24.3 Å². The van der Waals surface area contributed by atoms with Crippen LogP contribution in [0.15, 0.2) is 107 Å². The molecule has 24 heteroatoms. The Morgan fingerprint density at radius 1 is 0.557 bits per heavy atom. The van der Waals surface area contributed by atoms with Gasteiger partial charge in [-0.3, -0.25) is 9.11 Å². The number of carbonyl (C=O) groups is 2. The fourth-order valence-corrected chi connectivity index (χ4v) is 6.68. The van der Waals surface area contributed by atoms with Crippen LogP contribution in [0.2, 0.25) is 0 Å². The van der Waals surface area contributed by atoms with Crippen LogP contribution < -0.4 is 38.5 Å². The van der Waals surface area contributed by atoms with Crippen molar-refractivity contribution in [1.82, 2.24) is 15.0 Å². The highest BCUT2D eigenvalue weighted by molar-refractivity contribution is 7.86. The van der Waals surface area contributed by atoms with E-state index in [1.54, 1.807) is 29.2 Å². The maximum absolute atomic E-state index is 11.2. The number of carboxylic acid groups (broad SMARTS) is 2. The van der Waals surface area contributed by atoms with Crippen LogP contribution in [0.4, 0.5) is 52.0 Å². The summed E-state index contributed by atoms with van der Waals surface area (Å²) in [6.07, 6.45) is 0. The molecule has 0 saturated carbocycles. The summed E-state index contributed by atoms with van der Waals surface area (Å²) in [5.41, 5.74) is 24.9. The van der Waals surface area contributed by atoms with Gasteiger partial charge in [0.1, 0.15) is 9.79 Å². The summed E-state index contributed by atoms with van der Waals surface area (Å²) < 4.78 is 63.1. The van der Waals surface area contributed by atoms with Gasteiger partial charge in [0.2, 0.25) is 17.8 Å². The summed E-state index contributed by atoms with van der Waals surface area (Å²) in [7, 11) is -9.11. The molecule has 0 amide bonds. The number of carboxylic acids is 2. The predicted molar refractivity (Wildman–Crippen MR) is 227 cm³/mol. The number of nitrogens with zero attached hydrogens (tertiary/aromatic N) is 4. The third kappa shape index (κ3) is 13.3. The van der Waals surface area contributed by atoms with E-state index in [9.17, 15) is 36.6 Å². The molecule has 0 aliphatic rings. The lowest BCUT2D eigenvalue weighted by molar-refractivity contribution is 0.0696. The summed E-state index contributed by atoms with van der Waals surface area (Å²) in [4.78, 5) is 34.9. The highest BCUT2D eigenvalue weighted by atomic mass is 32.2. The van der Waals surface area contributed by atoms with Crippen molar-refractivity contribution < 1.29 is 56.0 Å². The number of hydrogen-bond donors (Lipinski definition) is 12. The second-order valence-electron chi connectivity index (χ2n) is 12.5. The minimum absolute atomic E-state index is 0.0492. The molecule has 0 bridgehead atoms. The van der Waals surface area contributed by atoms with Gasteiger partial charge in [-0.2, -0.15) is 31.8 Å². The Kier molecular flexibility index (Phi) is 15.2. The molecule has 6 rings (SSSR count). The Labute approximate surface area is 347 Å². The van der Waals surface area contributed by atoms with E-state index in [0.717, 1.165) is 29.6 Å².